The van der Waals surface area contributed by atoms with Crippen LogP contribution in [0.5, 0.6) is 5.75 Å². The standard InChI is InChI=1S/C20H23N5O2S/c1-4-27-17-7-5-6-15(11-17)19-23-24-20(25(19)21)28-12-18(26)22-16-9-8-13(2)14(3)10-16/h5-11H,4,12,21H2,1-3H3,(H,22,26). The Labute approximate surface area is 168 Å². The van der Waals surface area contributed by atoms with Gasteiger partial charge < -0.3 is 15.9 Å². The highest BCUT2D eigenvalue weighted by atomic mass is 32.2. The summed E-state index contributed by atoms with van der Waals surface area (Å²) < 4.78 is 6.90. The molecule has 28 heavy (non-hydrogen) atoms. The average Bonchev–Trinajstić information content (AvgIpc) is 3.04. The number of hydrogen-bond donors (Lipinski definition) is 2. The van der Waals surface area contributed by atoms with E-state index < -0.39 is 0 Å². The van der Waals surface area contributed by atoms with Gasteiger partial charge in [-0.05, 0) is 56.2 Å². The lowest BCUT2D eigenvalue weighted by Crippen LogP contribution is -2.16. The van der Waals surface area contributed by atoms with E-state index in [0.29, 0.717) is 17.6 Å². The molecule has 3 rings (SSSR count). The van der Waals surface area contributed by atoms with Gasteiger partial charge in [-0.3, -0.25) is 4.79 Å². The van der Waals surface area contributed by atoms with Crippen LogP contribution in [0.25, 0.3) is 11.4 Å². The largest absolute Gasteiger partial charge is 0.494 e. The van der Waals surface area contributed by atoms with Crippen LogP contribution in [0, 0.1) is 13.8 Å². The van der Waals surface area contributed by atoms with Crippen LogP contribution in [0.2, 0.25) is 0 Å². The minimum atomic E-state index is -0.129. The first-order valence-corrected chi connectivity index (χ1v) is 9.90. The van der Waals surface area contributed by atoms with Crippen molar-refractivity contribution < 1.29 is 9.53 Å². The number of nitrogens with two attached hydrogens (primary N) is 1. The maximum absolute atomic E-state index is 12.2. The molecule has 0 aliphatic rings. The maximum Gasteiger partial charge on any atom is 0.234 e. The predicted octanol–water partition coefficient (Wildman–Crippen LogP) is 3.41. The Balaban J connectivity index is 1.65. The van der Waals surface area contributed by atoms with Crippen LogP contribution in [-0.4, -0.2) is 33.1 Å². The summed E-state index contributed by atoms with van der Waals surface area (Å²) in [6.45, 7) is 6.55. The number of hydrogen-bond acceptors (Lipinski definition) is 6. The lowest BCUT2D eigenvalue weighted by atomic mass is 10.1. The highest BCUT2D eigenvalue weighted by Gasteiger charge is 2.14. The average molecular weight is 398 g/mol. The number of carbonyl (C=O) groups is 1. The smallest absolute Gasteiger partial charge is 0.234 e. The number of aryl methyl sites for hydroxylation is 2. The first-order chi connectivity index (χ1) is 13.5. The molecule has 2 aromatic carbocycles. The van der Waals surface area contributed by atoms with Crippen LogP contribution < -0.4 is 15.9 Å². The third kappa shape index (κ3) is 4.64. The van der Waals surface area contributed by atoms with Crippen LogP contribution in [-0.2, 0) is 4.79 Å². The van der Waals surface area contributed by atoms with Crippen molar-refractivity contribution in [3.63, 3.8) is 0 Å². The molecule has 0 aliphatic heterocycles. The van der Waals surface area contributed by atoms with Crippen molar-refractivity contribution in [1.29, 1.82) is 0 Å². The third-order valence-electron chi connectivity index (χ3n) is 4.19. The zero-order valence-corrected chi connectivity index (χ0v) is 16.9. The van der Waals surface area contributed by atoms with Crippen LogP contribution in [0.15, 0.2) is 47.6 Å². The molecular weight excluding hydrogens is 374 g/mol. The summed E-state index contributed by atoms with van der Waals surface area (Å²) in [5.41, 5.74) is 3.89. The molecule has 0 fully saturated rings. The van der Waals surface area contributed by atoms with Crippen LogP contribution in [0.4, 0.5) is 5.69 Å². The van der Waals surface area contributed by atoms with Crippen molar-refractivity contribution in [3.05, 3.63) is 53.6 Å². The lowest BCUT2D eigenvalue weighted by Gasteiger charge is -2.08. The van der Waals surface area contributed by atoms with Gasteiger partial charge in [0.2, 0.25) is 11.1 Å². The maximum atomic E-state index is 12.2. The summed E-state index contributed by atoms with van der Waals surface area (Å²) in [6, 6.07) is 13.3. The van der Waals surface area contributed by atoms with Gasteiger partial charge in [0.25, 0.3) is 0 Å². The van der Waals surface area contributed by atoms with Gasteiger partial charge in [-0.2, -0.15) is 0 Å². The highest BCUT2D eigenvalue weighted by molar-refractivity contribution is 7.99. The molecule has 0 spiro atoms. The van der Waals surface area contributed by atoms with Gasteiger partial charge in [0.1, 0.15) is 5.75 Å². The van der Waals surface area contributed by atoms with Gasteiger partial charge in [0, 0.05) is 11.3 Å². The van der Waals surface area contributed by atoms with Gasteiger partial charge in [0.15, 0.2) is 5.82 Å². The number of ether oxygens (including phenoxy) is 1. The van der Waals surface area contributed by atoms with Gasteiger partial charge in [-0.1, -0.05) is 30.0 Å². The van der Waals surface area contributed by atoms with E-state index in [-0.39, 0.29) is 11.7 Å². The summed E-state index contributed by atoms with van der Waals surface area (Å²) in [4.78, 5) is 12.2. The Morgan fingerprint density at radius 3 is 2.75 bits per heavy atom. The number of rotatable bonds is 7. The Kier molecular flexibility index (Phi) is 6.20. The second-order valence-electron chi connectivity index (χ2n) is 6.27. The lowest BCUT2D eigenvalue weighted by molar-refractivity contribution is -0.113. The second kappa shape index (κ2) is 8.79. The zero-order valence-electron chi connectivity index (χ0n) is 16.1. The summed E-state index contributed by atoms with van der Waals surface area (Å²) >= 11 is 1.23. The van der Waals surface area contributed by atoms with Crippen molar-refractivity contribution in [2.75, 3.05) is 23.5 Å². The van der Waals surface area contributed by atoms with Gasteiger partial charge in [-0.15, -0.1) is 10.2 Å². The molecule has 0 unspecified atom stereocenters. The fourth-order valence-corrected chi connectivity index (χ4v) is 3.27. The minimum Gasteiger partial charge on any atom is -0.494 e. The molecule has 0 saturated heterocycles. The minimum absolute atomic E-state index is 0.129. The predicted molar refractivity (Wildman–Crippen MR) is 112 cm³/mol. The number of carbonyl (C=O) groups excluding carboxylic acids is 1. The van der Waals surface area contributed by atoms with Crippen molar-refractivity contribution in [2.45, 2.75) is 25.9 Å². The SMILES string of the molecule is CCOc1cccc(-c2nnc(SCC(=O)Nc3ccc(C)c(C)c3)n2N)c1. The highest BCUT2D eigenvalue weighted by Crippen LogP contribution is 2.25. The van der Waals surface area contributed by atoms with E-state index in [1.165, 1.54) is 22.0 Å². The molecule has 1 aromatic heterocycles. The van der Waals surface area contributed by atoms with E-state index in [0.717, 1.165) is 22.6 Å². The monoisotopic (exact) mass is 397 g/mol. The van der Waals surface area contributed by atoms with Crippen LogP contribution in [0.3, 0.4) is 0 Å². The molecule has 7 nitrogen and oxygen atoms in total. The summed E-state index contributed by atoms with van der Waals surface area (Å²) in [5.74, 6) is 7.44. The number of nitrogens with one attached hydrogen (secondary N) is 1. The number of nitrogen functional groups attached to an aromatic ring is 1. The van der Waals surface area contributed by atoms with E-state index in [1.807, 2.05) is 63.2 Å². The van der Waals surface area contributed by atoms with Gasteiger partial charge >= 0.3 is 0 Å². The molecule has 0 aliphatic carbocycles. The van der Waals surface area contributed by atoms with Gasteiger partial charge in [0.05, 0.1) is 12.4 Å². The van der Waals surface area contributed by atoms with E-state index in [9.17, 15) is 4.79 Å². The Bertz CT molecular complexity index is 986. The molecule has 0 bridgehead atoms. The topological polar surface area (TPSA) is 95.1 Å². The molecule has 3 aromatic rings. The number of benzene rings is 2. The van der Waals surface area contributed by atoms with Crippen molar-refractivity contribution in [1.82, 2.24) is 14.9 Å². The quantitative estimate of drug-likeness (QED) is 0.469. The zero-order chi connectivity index (χ0) is 20.1. The fraction of sp³-hybridized carbons (Fsp3) is 0.250. The van der Waals surface area contributed by atoms with E-state index in [4.69, 9.17) is 10.6 Å². The second-order valence-corrected chi connectivity index (χ2v) is 7.22. The van der Waals surface area contributed by atoms with Gasteiger partial charge in [-0.25, -0.2) is 4.68 Å². The summed E-state index contributed by atoms with van der Waals surface area (Å²) in [7, 11) is 0. The number of thioether (sulfide) groups is 1. The van der Waals surface area contributed by atoms with Crippen LogP contribution in [0.1, 0.15) is 18.1 Å². The van der Waals surface area contributed by atoms with Crippen LogP contribution >= 0.6 is 11.8 Å². The Morgan fingerprint density at radius 1 is 1.18 bits per heavy atom. The first-order valence-electron chi connectivity index (χ1n) is 8.91. The molecule has 3 N–H and O–H groups in total. The fourth-order valence-electron chi connectivity index (χ4n) is 2.61. The molecule has 1 amide bonds. The molecule has 0 radical (unpaired) electrons. The molecule has 8 heteroatoms. The number of nitrogens with zero attached hydrogens (tertiary/aromatic N) is 3. The summed E-state index contributed by atoms with van der Waals surface area (Å²) in [6.07, 6.45) is 0. The van der Waals surface area contributed by atoms with E-state index >= 15 is 0 Å². The number of aromatic nitrogens is 3. The van der Waals surface area contributed by atoms with Crippen molar-refractivity contribution in [2.24, 2.45) is 0 Å². The molecule has 0 saturated carbocycles. The van der Waals surface area contributed by atoms with E-state index in [1.54, 1.807) is 0 Å². The van der Waals surface area contributed by atoms with Crippen molar-refractivity contribution >= 4 is 23.4 Å². The molecular formula is C20H23N5O2S. The molecule has 146 valence electrons. The normalized spacial score (nSPS) is 10.7. The molecule has 0 atom stereocenters. The number of anilines is 1. The first kappa shape index (κ1) is 19.8. The van der Waals surface area contributed by atoms with E-state index in [2.05, 4.69) is 15.5 Å². The molecule has 1 heterocycles. The third-order valence-corrected chi connectivity index (χ3v) is 5.13. The Hall–Kier alpha value is -3.00. The number of amides is 1. The van der Waals surface area contributed by atoms with Crippen molar-refractivity contribution in [3.8, 4) is 17.1 Å². The summed E-state index contributed by atoms with van der Waals surface area (Å²) in [5, 5.41) is 11.6. The Morgan fingerprint density at radius 2 is 2.00 bits per heavy atom.